The lowest BCUT2D eigenvalue weighted by atomic mass is 9.92. The average Bonchev–Trinajstić information content (AvgIpc) is 2.32. The maximum atomic E-state index is 13.9. The van der Waals surface area contributed by atoms with E-state index in [1.54, 1.807) is 6.07 Å². The number of rotatable bonds is 3. The van der Waals surface area contributed by atoms with E-state index >= 15 is 0 Å². The summed E-state index contributed by atoms with van der Waals surface area (Å²) in [6.07, 6.45) is 2.97. The van der Waals surface area contributed by atoms with E-state index in [9.17, 15) is 4.39 Å². The van der Waals surface area contributed by atoms with Gasteiger partial charge in [-0.25, -0.2) is 4.39 Å². The Morgan fingerprint density at radius 2 is 2.17 bits per heavy atom. The van der Waals surface area contributed by atoms with Crippen molar-refractivity contribution in [3.8, 4) is 0 Å². The second-order valence-corrected chi connectivity index (χ2v) is 5.45. The van der Waals surface area contributed by atoms with Gasteiger partial charge in [0.05, 0.1) is 0 Å². The van der Waals surface area contributed by atoms with Gasteiger partial charge in [-0.2, -0.15) is 0 Å². The summed E-state index contributed by atoms with van der Waals surface area (Å²) in [4.78, 5) is 2.34. The molecule has 0 amide bonds. The molecule has 2 atom stereocenters. The number of nitrogens with two attached hydrogens (primary N) is 1. The first kappa shape index (κ1) is 13.3. The number of anilines is 1. The van der Waals surface area contributed by atoms with Gasteiger partial charge in [0.15, 0.2) is 0 Å². The van der Waals surface area contributed by atoms with Crippen molar-refractivity contribution < 1.29 is 4.39 Å². The van der Waals surface area contributed by atoms with Gasteiger partial charge in [-0.3, -0.25) is 0 Å². The molecule has 2 N–H and O–H groups in total. The van der Waals surface area contributed by atoms with Crippen molar-refractivity contribution in [1.82, 2.24) is 0 Å². The number of hydrogen-bond acceptors (Lipinski definition) is 2. The molecule has 2 rings (SSSR count). The fourth-order valence-corrected chi connectivity index (χ4v) is 2.97. The summed E-state index contributed by atoms with van der Waals surface area (Å²) >= 11 is 0. The predicted molar refractivity (Wildman–Crippen MR) is 74.4 cm³/mol. The van der Waals surface area contributed by atoms with Gasteiger partial charge in [-0.1, -0.05) is 13.0 Å². The Kier molecular flexibility index (Phi) is 4.23. The molecule has 0 spiro atoms. The predicted octanol–water partition coefficient (Wildman–Crippen LogP) is 2.95. The van der Waals surface area contributed by atoms with Crippen molar-refractivity contribution in [2.75, 3.05) is 18.0 Å². The number of benzene rings is 1. The summed E-state index contributed by atoms with van der Waals surface area (Å²) in [5, 5.41) is 0. The van der Waals surface area contributed by atoms with Gasteiger partial charge >= 0.3 is 0 Å². The van der Waals surface area contributed by atoms with Crippen LogP contribution in [0.25, 0.3) is 0 Å². The Morgan fingerprint density at radius 3 is 2.83 bits per heavy atom. The molecule has 3 heteroatoms. The van der Waals surface area contributed by atoms with Gasteiger partial charge in [-0.05, 0) is 50.8 Å². The maximum absolute atomic E-state index is 13.9. The molecule has 1 aliphatic rings. The summed E-state index contributed by atoms with van der Waals surface area (Å²) < 4.78 is 13.9. The minimum absolute atomic E-state index is 0.122. The molecule has 1 aromatic carbocycles. The van der Waals surface area contributed by atoms with Crippen LogP contribution in [0.2, 0.25) is 0 Å². The van der Waals surface area contributed by atoms with Crippen LogP contribution in [0.15, 0.2) is 18.2 Å². The van der Waals surface area contributed by atoms with Crippen LogP contribution < -0.4 is 10.6 Å². The molecule has 0 radical (unpaired) electrons. The third-order valence-corrected chi connectivity index (χ3v) is 3.94. The molecule has 1 saturated heterocycles. The van der Waals surface area contributed by atoms with Crippen molar-refractivity contribution in [3.05, 3.63) is 29.6 Å². The van der Waals surface area contributed by atoms with Crippen molar-refractivity contribution in [3.63, 3.8) is 0 Å². The number of nitrogens with zero attached hydrogens (tertiary/aromatic N) is 1. The van der Waals surface area contributed by atoms with Crippen LogP contribution in [0, 0.1) is 11.7 Å². The standard InChI is InChI=1S/C15H23FN2/c1-11-7-9-18(12(2)10-11)15-5-3-4-14(16)13(15)6-8-17/h3-5,11-12H,6-10,17H2,1-2H3. The minimum atomic E-state index is -0.122. The molecular weight excluding hydrogens is 227 g/mol. The lowest BCUT2D eigenvalue weighted by Crippen LogP contribution is -2.41. The topological polar surface area (TPSA) is 29.3 Å². The van der Waals surface area contributed by atoms with Crippen molar-refractivity contribution in [2.24, 2.45) is 11.7 Å². The van der Waals surface area contributed by atoms with E-state index in [0.29, 0.717) is 19.0 Å². The van der Waals surface area contributed by atoms with E-state index in [1.165, 1.54) is 18.9 Å². The minimum Gasteiger partial charge on any atom is -0.369 e. The van der Waals surface area contributed by atoms with Crippen LogP contribution in [0.1, 0.15) is 32.3 Å². The van der Waals surface area contributed by atoms with Gasteiger partial charge < -0.3 is 10.6 Å². The zero-order valence-corrected chi connectivity index (χ0v) is 11.3. The molecule has 2 unspecified atom stereocenters. The molecular formula is C15H23FN2. The summed E-state index contributed by atoms with van der Waals surface area (Å²) in [6, 6.07) is 5.84. The first-order valence-corrected chi connectivity index (χ1v) is 6.87. The maximum Gasteiger partial charge on any atom is 0.128 e. The summed E-state index contributed by atoms with van der Waals surface area (Å²) in [5.74, 6) is 0.645. The summed E-state index contributed by atoms with van der Waals surface area (Å²) in [5.41, 5.74) is 7.42. The first-order chi connectivity index (χ1) is 8.63. The van der Waals surface area contributed by atoms with Crippen LogP contribution in [0.3, 0.4) is 0 Å². The highest BCUT2D eigenvalue weighted by Crippen LogP contribution is 2.31. The molecule has 1 heterocycles. The van der Waals surface area contributed by atoms with E-state index in [2.05, 4.69) is 18.7 Å². The third-order valence-electron chi connectivity index (χ3n) is 3.94. The number of hydrogen-bond donors (Lipinski definition) is 1. The monoisotopic (exact) mass is 250 g/mol. The Balaban J connectivity index is 2.29. The molecule has 1 fully saturated rings. The first-order valence-electron chi connectivity index (χ1n) is 6.87. The van der Waals surface area contributed by atoms with E-state index in [0.717, 1.165) is 23.7 Å². The normalized spacial score (nSPS) is 24.3. The molecule has 0 aromatic heterocycles. The van der Waals surface area contributed by atoms with Gasteiger partial charge in [0.1, 0.15) is 5.82 Å². The number of piperidine rings is 1. The second kappa shape index (κ2) is 5.70. The van der Waals surface area contributed by atoms with E-state index < -0.39 is 0 Å². The van der Waals surface area contributed by atoms with E-state index in [4.69, 9.17) is 5.73 Å². The Bertz CT molecular complexity index is 405. The fourth-order valence-electron chi connectivity index (χ4n) is 2.97. The highest BCUT2D eigenvalue weighted by atomic mass is 19.1. The van der Waals surface area contributed by atoms with E-state index in [-0.39, 0.29) is 5.82 Å². The van der Waals surface area contributed by atoms with Crippen LogP contribution in [0.5, 0.6) is 0 Å². The molecule has 0 saturated carbocycles. The Hall–Kier alpha value is -1.09. The van der Waals surface area contributed by atoms with Crippen molar-refractivity contribution >= 4 is 5.69 Å². The molecule has 18 heavy (non-hydrogen) atoms. The molecule has 100 valence electrons. The quantitative estimate of drug-likeness (QED) is 0.893. The fraction of sp³-hybridized carbons (Fsp3) is 0.600. The van der Waals surface area contributed by atoms with Crippen LogP contribution >= 0.6 is 0 Å². The largest absolute Gasteiger partial charge is 0.369 e. The molecule has 2 nitrogen and oxygen atoms in total. The Labute approximate surface area is 109 Å². The zero-order valence-electron chi connectivity index (χ0n) is 11.3. The van der Waals surface area contributed by atoms with Gasteiger partial charge in [0.25, 0.3) is 0 Å². The highest BCUT2D eigenvalue weighted by Gasteiger charge is 2.25. The molecule has 1 aliphatic heterocycles. The van der Waals surface area contributed by atoms with E-state index in [1.807, 2.05) is 6.07 Å². The number of halogens is 1. The van der Waals surface area contributed by atoms with Crippen LogP contribution in [-0.2, 0) is 6.42 Å². The molecule has 0 bridgehead atoms. The smallest absolute Gasteiger partial charge is 0.128 e. The molecule has 0 aliphatic carbocycles. The van der Waals surface area contributed by atoms with Gasteiger partial charge in [0.2, 0.25) is 0 Å². The van der Waals surface area contributed by atoms with Gasteiger partial charge in [-0.15, -0.1) is 0 Å². The Morgan fingerprint density at radius 1 is 1.39 bits per heavy atom. The van der Waals surface area contributed by atoms with Crippen molar-refractivity contribution in [1.29, 1.82) is 0 Å². The highest BCUT2D eigenvalue weighted by molar-refractivity contribution is 5.55. The molecule has 1 aromatic rings. The summed E-state index contributed by atoms with van der Waals surface area (Å²) in [7, 11) is 0. The zero-order chi connectivity index (χ0) is 13.1. The average molecular weight is 250 g/mol. The van der Waals surface area contributed by atoms with Crippen LogP contribution in [0.4, 0.5) is 10.1 Å². The third kappa shape index (κ3) is 2.66. The summed E-state index contributed by atoms with van der Waals surface area (Å²) in [6.45, 7) is 6.03. The lowest BCUT2D eigenvalue weighted by Gasteiger charge is -2.39. The SMILES string of the molecule is CC1CCN(c2cccc(F)c2CCN)C(C)C1. The van der Waals surface area contributed by atoms with Gasteiger partial charge in [0, 0.05) is 23.8 Å². The van der Waals surface area contributed by atoms with Crippen molar-refractivity contribution in [2.45, 2.75) is 39.2 Å². The second-order valence-electron chi connectivity index (χ2n) is 5.45. The van der Waals surface area contributed by atoms with Crippen LogP contribution in [-0.4, -0.2) is 19.1 Å². The lowest BCUT2D eigenvalue weighted by molar-refractivity contribution is 0.377.